The number of rotatable bonds is 4. The van der Waals surface area contributed by atoms with Crippen LogP contribution in [0.15, 0.2) is 18.2 Å². The van der Waals surface area contributed by atoms with E-state index in [9.17, 15) is 17.7 Å². The molecule has 0 fully saturated rings. The SMILES string of the molecule is COC(=O)Cc1ccc([B-](F)(F)F)c(OC)c1. The first kappa shape index (κ1) is 13.4. The van der Waals surface area contributed by atoms with E-state index in [1.165, 1.54) is 19.2 Å². The van der Waals surface area contributed by atoms with Gasteiger partial charge < -0.3 is 22.4 Å². The number of ether oxygens (including phenoxy) is 2. The molecule has 0 aliphatic heterocycles. The van der Waals surface area contributed by atoms with Crippen molar-refractivity contribution in [1.82, 2.24) is 0 Å². The lowest BCUT2D eigenvalue weighted by atomic mass is 9.79. The lowest BCUT2D eigenvalue weighted by molar-refractivity contribution is -0.139. The van der Waals surface area contributed by atoms with Crippen molar-refractivity contribution in [2.75, 3.05) is 14.2 Å². The fourth-order valence-electron chi connectivity index (χ4n) is 1.37. The molecule has 7 heteroatoms. The summed E-state index contributed by atoms with van der Waals surface area (Å²) in [5, 5.41) is 0. The monoisotopic (exact) mass is 247 g/mol. The van der Waals surface area contributed by atoms with Gasteiger partial charge in [0.2, 0.25) is 0 Å². The van der Waals surface area contributed by atoms with E-state index in [-0.39, 0.29) is 12.2 Å². The van der Waals surface area contributed by atoms with Crippen molar-refractivity contribution in [2.24, 2.45) is 0 Å². The summed E-state index contributed by atoms with van der Waals surface area (Å²) in [6, 6.07) is 3.35. The van der Waals surface area contributed by atoms with Crippen molar-refractivity contribution >= 4 is 18.4 Å². The van der Waals surface area contributed by atoms with Gasteiger partial charge in [-0.1, -0.05) is 17.6 Å². The molecule has 94 valence electrons. The summed E-state index contributed by atoms with van der Waals surface area (Å²) in [4.78, 5) is 11.0. The van der Waals surface area contributed by atoms with E-state index in [0.717, 1.165) is 13.2 Å². The zero-order valence-electron chi connectivity index (χ0n) is 9.38. The largest absolute Gasteiger partial charge is 0.513 e. The van der Waals surface area contributed by atoms with Gasteiger partial charge in [0.1, 0.15) is 0 Å². The minimum Gasteiger partial charge on any atom is -0.500 e. The van der Waals surface area contributed by atoms with Crippen molar-refractivity contribution in [3.8, 4) is 5.75 Å². The third-order valence-corrected chi connectivity index (χ3v) is 2.23. The third-order valence-electron chi connectivity index (χ3n) is 2.23. The highest BCUT2D eigenvalue weighted by Crippen LogP contribution is 2.19. The van der Waals surface area contributed by atoms with Crippen molar-refractivity contribution in [3.05, 3.63) is 23.8 Å². The summed E-state index contributed by atoms with van der Waals surface area (Å²) in [5.74, 6) is -0.795. The Kier molecular flexibility index (Phi) is 4.04. The molecule has 0 amide bonds. The van der Waals surface area contributed by atoms with E-state index in [4.69, 9.17) is 0 Å². The number of hydrogen-bond donors (Lipinski definition) is 0. The summed E-state index contributed by atoms with van der Waals surface area (Å²) in [6.45, 7) is -5.12. The van der Waals surface area contributed by atoms with Crippen LogP contribution in [-0.4, -0.2) is 27.2 Å². The molecular weight excluding hydrogens is 236 g/mol. The first-order valence-corrected chi connectivity index (χ1v) is 4.82. The van der Waals surface area contributed by atoms with Crippen LogP contribution in [0.3, 0.4) is 0 Å². The molecule has 1 rings (SSSR count). The highest BCUT2D eigenvalue weighted by molar-refractivity contribution is 6.74. The van der Waals surface area contributed by atoms with Gasteiger partial charge in [0.05, 0.1) is 26.4 Å². The van der Waals surface area contributed by atoms with Crippen molar-refractivity contribution < 1.29 is 27.2 Å². The van der Waals surface area contributed by atoms with E-state index in [0.29, 0.717) is 5.56 Å². The Morgan fingerprint density at radius 3 is 2.41 bits per heavy atom. The second-order valence-electron chi connectivity index (χ2n) is 3.40. The molecule has 0 spiro atoms. The van der Waals surface area contributed by atoms with Crippen LogP contribution in [0.5, 0.6) is 5.75 Å². The Hall–Kier alpha value is -1.66. The predicted molar refractivity (Wildman–Crippen MR) is 57.4 cm³/mol. The number of benzene rings is 1. The molecule has 0 bridgehead atoms. The van der Waals surface area contributed by atoms with E-state index in [2.05, 4.69) is 9.47 Å². The van der Waals surface area contributed by atoms with Crippen LogP contribution in [0.2, 0.25) is 0 Å². The number of carbonyl (C=O) groups excluding carboxylic acids is 1. The first-order valence-electron chi connectivity index (χ1n) is 4.82. The van der Waals surface area contributed by atoms with Crippen LogP contribution in [0, 0.1) is 0 Å². The second kappa shape index (κ2) is 5.12. The molecule has 0 aliphatic rings. The Morgan fingerprint density at radius 2 is 1.94 bits per heavy atom. The molecule has 1 aromatic rings. The highest BCUT2D eigenvalue weighted by atomic mass is 19.4. The lowest BCUT2D eigenvalue weighted by Gasteiger charge is -2.19. The smallest absolute Gasteiger partial charge is 0.500 e. The minimum atomic E-state index is -5.12. The Balaban J connectivity index is 3.05. The Labute approximate surface area is 96.6 Å². The first-order chi connectivity index (χ1) is 7.88. The lowest BCUT2D eigenvalue weighted by Crippen LogP contribution is -2.35. The zero-order chi connectivity index (χ0) is 13.1. The molecule has 0 heterocycles. The molecule has 0 atom stereocenters. The van der Waals surface area contributed by atoms with Gasteiger partial charge in [0.25, 0.3) is 0 Å². The number of halogens is 3. The summed E-state index contributed by atoms with van der Waals surface area (Å²) >= 11 is 0. The normalized spacial score (nSPS) is 11.1. The quantitative estimate of drug-likeness (QED) is 0.596. The fourth-order valence-corrected chi connectivity index (χ4v) is 1.37. The van der Waals surface area contributed by atoms with Crippen molar-refractivity contribution in [2.45, 2.75) is 6.42 Å². The van der Waals surface area contributed by atoms with E-state index in [1.54, 1.807) is 0 Å². The van der Waals surface area contributed by atoms with Gasteiger partial charge in [-0.3, -0.25) is 4.79 Å². The maximum Gasteiger partial charge on any atom is 0.513 e. The molecule has 0 N–H and O–H groups in total. The fraction of sp³-hybridized carbons (Fsp3) is 0.300. The molecule has 3 nitrogen and oxygen atoms in total. The van der Waals surface area contributed by atoms with Crippen molar-refractivity contribution in [1.29, 1.82) is 0 Å². The minimum absolute atomic E-state index is 0.0853. The molecule has 0 radical (unpaired) electrons. The standard InChI is InChI=1S/C10H11BF3O3/c1-16-9-5-7(6-10(15)17-2)3-4-8(9)11(12,13)14/h3-5H,6H2,1-2H3/q-1. The number of esters is 1. The van der Waals surface area contributed by atoms with Gasteiger partial charge in [-0.2, -0.15) is 0 Å². The maximum absolute atomic E-state index is 12.6. The summed E-state index contributed by atoms with van der Waals surface area (Å²) in [7, 11) is 2.37. The summed E-state index contributed by atoms with van der Waals surface area (Å²) in [5.41, 5.74) is -0.390. The van der Waals surface area contributed by atoms with Gasteiger partial charge in [0, 0.05) is 0 Å². The second-order valence-corrected chi connectivity index (χ2v) is 3.40. The van der Waals surface area contributed by atoms with Crippen molar-refractivity contribution in [3.63, 3.8) is 0 Å². The number of methoxy groups -OCH3 is 2. The van der Waals surface area contributed by atoms with E-state index < -0.39 is 18.4 Å². The van der Waals surface area contributed by atoms with Gasteiger partial charge in [-0.15, -0.1) is 0 Å². The van der Waals surface area contributed by atoms with Gasteiger partial charge in [0.15, 0.2) is 0 Å². The topological polar surface area (TPSA) is 35.5 Å². The molecule has 0 aliphatic carbocycles. The van der Waals surface area contributed by atoms with Gasteiger partial charge in [-0.25, -0.2) is 0 Å². The van der Waals surface area contributed by atoms with Gasteiger partial charge >= 0.3 is 12.9 Å². The summed E-state index contributed by atoms with van der Waals surface area (Å²) < 4.78 is 46.9. The van der Waals surface area contributed by atoms with Crippen LogP contribution >= 0.6 is 0 Å². The highest BCUT2D eigenvalue weighted by Gasteiger charge is 2.29. The van der Waals surface area contributed by atoms with Crippen LogP contribution in [-0.2, 0) is 16.0 Å². The third kappa shape index (κ3) is 3.40. The number of carbonyl (C=O) groups is 1. The summed E-state index contributed by atoms with van der Waals surface area (Å²) in [6.07, 6.45) is -0.0853. The number of hydrogen-bond acceptors (Lipinski definition) is 3. The predicted octanol–water partition coefficient (Wildman–Crippen LogP) is 1.47. The molecule has 0 saturated heterocycles. The molecule has 0 saturated carbocycles. The van der Waals surface area contributed by atoms with E-state index in [1.807, 2.05) is 0 Å². The average Bonchev–Trinajstić information content (AvgIpc) is 2.27. The van der Waals surface area contributed by atoms with Crippen LogP contribution in [0.25, 0.3) is 0 Å². The molecular formula is C10H11BF3O3-. The Morgan fingerprint density at radius 1 is 1.29 bits per heavy atom. The zero-order valence-corrected chi connectivity index (χ0v) is 9.38. The van der Waals surface area contributed by atoms with Gasteiger partial charge in [-0.05, 0) is 11.6 Å². The van der Waals surface area contributed by atoms with E-state index >= 15 is 0 Å². The maximum atomic E-state index is 12.6. The average molecular weight is 247 g/mol. The molecule has 0 unspecified atom stereocenters. The Bertz CT molecular complexity index is 418. The van der Waals surface area contributed by atoms with Crippen LogP contribution < -0.4 is 10.2 Å². The van der Waals surface area contributed by atoms with Crippen LogP contribution in [0.4, 0.5) is 12.9 Å². The molecule has 17 heavy (non-hydrogen) atoms. The molecule has 1 aromatic carbocycles. The molecule has 0 aromatic heterocycles. The van der Waals surface area contributed by atoms with Crippen LogP contribution in [0.1, 0.15) is 5.56 Å².